The summed E-state index contributed by atoms with van der Waals surface area (Å²) < 4.78 is 9.97. The molecule has 0 spiro atoms. The quantitative estimate of drug-likeness (QED) is 0.401. The Balaban J connectivity index is 4.14. The van der Waals surface area contributed by atoms with Crippen LogP contribution >= 0.6 is 0 Å². The third-order valence-electron chi connectivity index (χ3n) is 2.60. The minimum absolute atomic E-state index is 0.0206. The number of carbonyl (C=O) groups is 2. The molecule has 0 radical (unpaired) electrons. The predicted octanol–water partition coefficient (Wildman–Crippen LogP) is 2.64. The van der Waals surface area contributed by atoms with E-state index in [2.05, 4.69) is 24.1 Å². The number of ether oxygens (including phenoxy) is 2. The lowest BCUT2D eigenvalue weighted by Gasteiger charge is -2.16. The molecule has 1 atom stereocenters. The van der Waals surface area contributed by atoms with Crippen molar-refractivity contribution >= 4 is 12.1 Å². The van der Waals surface area contributed by atoms with Crippen molar-refractivity contribution in [3.05, 3.63) is 0 Å². The lowest BCUT2D eigenvalue weighted by Crippen LogP contribution is -2.42. The van der Waals surface area contributed by atoms with Crippen molar-refractivity contribution in [1.29, 1.82) is 0 Å². The number of carbonyl (C=O) groups excluding carboxylic acids is 2. The first kappa shape index (κ1) is 18.3. The highest BCUT2D eigenvalue weighted by molar-refractivity contribution is 5.81. The zero-order valence-corrected chi connectivity index (χ0v) is 12.7. The first-order valence-electron chi connectivity index (χ1n) is 7.15. The number of hydrogen-bond donors (Lipinski definition) is 1. The van der Waals surface area contributed by atoms with E-state index in [1.807, 2.05) is 6.92 Å². The lowest BCUT2D eigenvalue weighted by atomic mass is 10.2. The SMILES string of the molecule is CC#CCOC(=O)N[C@@H](CCC)C(=O)OCCCCC. The molecule has 0 saturated carbocycles. The molecule has 0 unspecified atom stereocenters. The summed E-state index contributed by atoms with van der Waals surface area (Å²) in [7, 11) is 0. The number of amides is 1. The maximum atomic E-state index is 11.8. The number of hydrogen-bond acceptors (Lipinski definition) is 4. The fraction of sp³-hybridized carbons (Fsp3) is 0.733. The highest BCUT2D eigenvalue weighted by Gasteiger charge is 2.21. The van der Waals surface area contributed by atoms with Gasteiger partial charge in [0.15, 0.2) is 6.61 Å². The monoisotopic (exact) mass is 283 g/mol. The van der Waals surface area contributed by atoms with Gasteiger partial charge in [-0.15, -0.1) is 5.92 Å². The van der Waals surface area contributed by atoms with Crippen LogP contribution in [-0.2, 0) is 14.3 Å². The summed E-state index contributed by atoms with van der Waals surface area (Å²) in [6, 6.07) is -0.649. The van der Waals surface area contributed by atoms with Gasteiger partial charge in [-0.25, -0.2) is 9.59 Å². The first-order valence-corrected chi connectivity index (χ1v) is 7.15. The minimum atomic E-state index is -0.649. The molecule has 0 saturated heterocycles. The van der Waals surface area contributed by atoms with Crippen LogP contribution in [0.15, 0.2) is 0 Å². The molecule has 0 aliphatic heterocycles. The zero-order chi connectivity index (χ0) is 15.2. The van der Waals surface area contributed by atoms with Crippen LogP contribution in [-0.4, -0.2) is 31.3 Å². The molecule has 20 heavy (non-hydrogen) atoms. The summed E-state index contributed by atoms with van der Waals surface area (Å²) in [6.07, 6.45) is 3.59. The Kier molecular flexibility index (Phi) is 11.3. The maximum Gasteiger partial charge on any atom is 0.408 e. The van der Waals surface area contributed by atoms with Crippen LogP contribution in [0.3, 0.4) is 0 Å². The van der Waals surface area contributed by atoms with E-state index < -0.39 is 18.1 Å². The molecule has 0 bridgehead atoms. The molecule has 5 nitrogen and oxygen atoms in total. The summed E-state index contributed by atoms with van der Waals surface area (Å²) in [6.45, 7) is 6.10. The van der Waals surface area contributed by atoms with Gasteiger partial charge in [0.25, 0.3) is 0 Å². The van der Waals surface area contributed by atoms with Crippen LogP contribution < -0.4 is 5.32 Å². The van der Waals surface area contributed by atoms with Crippen LogP contribution in [0.25, 0.3) is 0 Å². The molecule has 114 valence electrons. The van der Waals surface area contributed by atoms with Gasteiger partial charge in [-0.1, -0.05) is 39.0 Å². The number of unbranched alkanes of at least 4 members (excludes halogenated alkanes) is 2. The first-order chi connectivity index (χ1) is 9.65. The number of nitrogens with one attached hydrogen (secondary N) is 1. The Morgan fingerprint density at radius 1 is 1.15 bits per heavy atom. The van der Waals surface area contributed by atoms with Crippen molar-refractivity contribution in [3.63, 3.8) is 0 Å². The second kappa shape index (κ2) is 12.3. The van der Waals surface area contributed by atoms with Crippen LogP contribution in [0.5, 0.6) is 0 Å². The average Bonchev–Trinajstić information content (AvgIpc) is 2.43. The van der Waals surface area contributed by atoms with Crippen LogP contribution in [0, 0.1) is 11.8 Å². The lowest BCUT2D eigenvalue weighted by molar-refractivity contribution is -0.146. The summed E-state index contributed by atoms with van der Waals surface area (Å²) in [5.41, 5.74) is 0. The van der Waals surface area contributed by atoms with E-state index in [1.165, 1.54) is 0 Å². The smallest absolute Gasteiger partial charge is 0.408 e. The van der Waals surface area contributed by atoms with Crippen LogP contribution in [0.1, 0.15) is 52.9 Å². The van der Waals surface area contributed by atoms with Crippen molar-refractivity contribution in [2.24, 2.45) is 0 Å². The number of esters is 1. The fourth-order valence-corrected chi connectivity index (χ4v) is 1.52. The number of rotatable bonds is 9. The van der Waals surface area contributed by atoms with Crippen molar-refractivity contribution in [1.82, 2.24) is 5.32 Å². The Hall–Kier alpha value is -1.70. The fourth-order valence-electron chi connectivity index (χ4n) is 1.52. The average molecular weight is 283 g/mol. The molecule has 0 aliphatic carbocycles. The van der Waals surface area contributed by atoms with Gasteiger partial charge in [-0.3, -0.25) is 0 Å². The van der Waals surface area contributed by atoms with Gasteiger partial charge in [-0.05, 0) is 19.8 Å². The molecule has 5 heteroatoms. The molecule has 0 aromatic carbocycles. The molecule has 0 heterocycles. The Bertz CT molecular complexity index is 344. The molecular formula is C15H25NO4. The predicted molar refractivity (Wildman–Crippen MR) is 77.1 cm³/mol. The second-order valence-electron chi connectivity index (χ2n) is 4.36. The van der Waals surface area contributed by atoms with Crippen LogP contribution in [0.4, 0.5) is 4.79 Å². The van der Waals surface area contributed by atoms with Gasteiger partial charge in [0.05, 0.1) is 6.61 Å². The zero-order valence-electron chi connectivity index (χ0n) is 12.7. The third kappa shape index (κ3) is 9.26. The van der Waals surface area contributed by atoms with E-state index in [0.717, 1.165) is 25.7 Å². The van der Waals surface area contributed by atoms with Crippen LogP contribution in [0.2, 0.25) is 0 Å². The van der Waals surface area contributed by atoms with E-state index in [0.29, 0.717) is 13.0 Å². The summed E-state index contributed by atoms with van der Waals surface area (Å²) in [5.74, 6) is 4.83. The van der Waals surface area contributed by atoms with Crippen molar-refractivity contribution < 1.29 is 19.1 Å². The summed E-state index contributed by atoms with van der Waals surface area (Å²) in [5, 5.41) is 2.51. The molecule has 0 aromatic rings. The molecular weight excluding hydrogens is 258 g/mol. The normalized spacial score (nSPS) is 10.9. The molecule has 1 amide bonds. The highest BCUT2D eigenvalue weighted by atomic mass is 16.6. The summed E-state index contributed by atoms with van der Waals surface area (Å²) >= 11 is 0. The van der Waals surface area contributed by atoms with E-state index in [1.54, 1.807) is 6.92 Å². The van der Waals surface area contributed by atoms with E-state index in [4.69, 9.17) is 9.47 Å². The summed E-state index contributed by atoms with van der Waals surface area (Å²) in [4.78, 5) is 23.3. The van der Waals surface area contributed by atoms with Gasteiger partial charge < -0.3 is 14.8 Å². The van der Waals surface area contributed by atoms with Gasteiger partial charge in [0.2, 0.25) is 0 Å². The van der Waals surface area contributed by atoms with E-state index >= 15 is 0 Å². The topological polar surface area (TPSA) is 64.6 Å². The highest BCUT2D eigenvalue weighted by Crippen LogP contribution is 2.02. The Labute approximate surface area is 121 Å². The third-order valence-corrected chi connectivity index (χ3v) is 2.60. The molecule has 1 N–H and O–H groups in total. The van der Waals surface area contributed by atoms with Gasteiger partial charge in [0, 0.05) is 0 Å². The molecule has 0 rings (SSSR count). The Morgan fingerprint density at radius 3 is 2.50 bits per heavy atom. The van der Waals surface area contributed by atoms with Crippen molar-refractivity contribution in [3.8, 4) is 11.8 Å². The van der Waals surface area contributed by atoms with E-state index in [9.17, 15) is 9.59 Å². The molecule has 0 aromatic heterocycles. The van der Waals surface area contributed by atoms with Gasteiger partial charge in [0.1, 0.15) is 6.04 Å². The van der Waals surface area contributed by atoms with Gasteiger partial charge in [-0.2, -0.15) is 0 Å². The standard InChI is InChI=1S/C15H25NO4/c1-4-7-9-12-19-14(17)13(10-6-3)16-15(18)20-11-8-5-2/h13H,4,6-7,9-12H2,1-3H3,(H,16,18)/t13-/m0/s1. The molecule has 0 aliphatic rings. The molecule has 0 fully saturated rings. The van der Waals surface area contributed by atoms with Crippen molar-refractivity contribution in [2.75, 3.05) is 13.2 Å². The Morgan fingerprint density at radius 2 is 1.90 bits per heavy atom. The van der Waals surface area contributed by atoms with Gasteiger partial charge >= 0.3 is 12.1 Å². The number of alkyl carbamates (subject to hydrolysis) is 1. The van der Waals surface area contributed by atoms with E-state index in [-0.39, 0.29) is 6.61 Å². The minimum Gasteiger partial charge on any atom is -0.464 e. The van der Waals surface area contributed by atoms with Crippen molar-refractivity contribution in [2.45, 2.75) is 58.9 Å². The second-order valence-corrected chi connectivity index (χ2v) is 4.36. The maximum absolute atomic E-state index is 11.8. The largest absolute Gasteiger partial charge is 0.464 e.